The molecule has 1 atom stereocenters. The number of hydrogen-bond acceptors (Lipinski definition) is 2. The van der Waals surface area contributed by atoms with E-state index < -0.39 is 6.16 Å². The maximum Gasteiger partial charge on any atom is 0.506 e. The van der Waals surface area contributed by atoms with Crippen LogP contribution in [0.5, 0.6) is 0 Å². The van der Waals surface area contributed by atoms with Gasteiger partial charge in [-0.1, -0.05) is 5.57 Å². The summed E-state index contributed by atoms with van der Waals surface area (Å²) >= 11 is 0. The molecule has 0 saturated carbocycles. The molecule has 0 heterocycles. The van der Waals surface area contributed by atoms with Crippen LogP contribution >= 0.6 is 0 Å². The van der Waals surface area contributed by atoms with Crippen molar-refractivity contribution in [1.29, 1.82) is 0 Å². The van der Waals surface area contributed by atoms with Gasteiger partial charge >= 0.3 is 6.16 Å². The van der Waals surface area contributed by atoms with E-state index in [1.54, 1.807) is 6.92 Å². The van der Waals surface area contributed by atoms with E-state index in [9.17, 15) is 4.79 Å². The molecule has 1 N–H and O–H groups in total. The summed E-state index contributed by atoms with van der Waals surface area (Å²) in [5, 5.41) is 8.14. The van der Waals surface area contributed by atoms with Crippen molar-refractivity contribution in [1.82, 2.24) is 0 Å². The van der Waals surface area contributed by atoms with E-state index in [-0.39, 0.29) is 6.10 Å². The van der Waals surface area contributed by atoms with E-state index in [2.05, 4.69) is 11.3 Å². The smallest absolute Gasteiger partial charge is 0.450 e. The molecule has 0 aliphatic rings. The van der Waals surface area contributed by atoms with Crippen LogP contribution in [0.15, 0.2) is 12.2 Å². The fraction of sp³-hybridized carbons (Fsp3) is 0.571. The second-order valence-electron chi connectivity index (χ2n) is 2.36. The van der Waals surface area contributed by atoms with Gasteiger partial charge in [-0.15, -0.1) is 6.58 Å². The van der Waals surface area contributed by atoms with Crippen molar-refractivity contribution in [3.8, 4) is 0 Å². The molecule has 0 bridgehead atoms. The first kappa shape index (κ1) is 9.01. The third-order valence-corrected chi connectivity index (χ3v) is 0.938. The van der Waals surface area contributed by atoms with Gasteiger partial charge in [0.05, 0.1) is 0 Å². The second kappa shape index (κ2) is 3.93. The maximum absolute atomic E-state index is 9.94. The minimum absolute atomic E-state index is 0.282. The van der Waals surface area contributed by atoms with Crippen LogP contribution in [0.1, 0.15) is 20.3 Å². The molecule has 0 radical (unpaired) electrons. The Hall–Kier alpha value is -0.990. The lowest BCUT2D eigenvalue weighted by atomic mass is 10.2. The Labute approximate surface area is 60.3 Å². The Morgan fingerprint density at radius 1 is 1.80 bits per heavy atom. The van der Waals surface area contributed by atoms with Crippen molar-refractivity contribution < 1.29 is 14.6 Å². The van der Waals surface area contributed by atoms with Gasteiger partial charge in [-0.05, 0) is 13.8 Å². The molecule has 0 amide bonds. The molecule has 0 aromatic heterocycles. The Kier molecular flexibility index (Phi) is 3.54. The first-order valence-corrected chi connectivity index (χ1v) is 3.06. The zero-order valence-electron chi connectivity index (χ0n) is 6.26. The molecule has 3 heteroatoms. The first-order valence-electron chi connectivity index (χ1n) is 3.06. The van der Waals surface area contributed by atoms with Gasteiger partial charge in [0.25, 0.3) is 0 Å². The summed E-state index contributed by atoms with van der Waals surface area (Å²) in [4.78, 5) is 9.94. The minimum Gasteiger partial charge on any atom is -0.450 e. The lowest BCUT2D eigenvalue weighted by Crippen LogP contribution is -2.12. The van der Waals surface area contributed by atoms with E-state index in [0.717, 1.165) is 5.57 Å². The van der Waals surface area contributed by atoms with Gasteiger partial charge in [0.15, 0.2) is 0 Å². The van der Waals surface area contributed by atoms with E-state index >= 15 is 0 Å². The highest BCUT2D eigenvalue weighted by atomic mass is 16.7. The lowest BCUT2D eigenvalue weighted by molar-refractivity contribution is 0.0593. The second-order valence-corrected chi connectivity index (χ2v) is 2.36. The summed E-state index contributed by atoms with van der Waals surface area (Å²) in [6.45, 7) is 7.16. The number of carbonyl (C=O) groups is 1. The normalized spacial score (nSPS) is 12.2. The molecular weight excluding hydrogens is 132 g/mol. The van der Waals surface area contributed by atoms with Crippen LogP contribution in [0.3, 0.4) is 0 Å². The number of rotatable bonds is 3. The van der Waals surface area contributed by atoms with Gasteiger partial charge in [-0.3, -0.25) is 0 Å². The van der Waals surface area contributed by atoms with Gasteiger partial charge in [-0.25, -0.2) is 4.79 Å². The van der Waals surface area contributed by atoms with E-state index in [0.29, 0.717) is 6.42 Å². The van der Waals surface area contributed by atoms with Crippen LogP contribution in [-0.2, 0) is 4.74 Å². The molecule has 0 fully saturated rings. The van der Waals surface area contributed by atoms with Crippen molar-refractivity contribution >= 4 is 6.16 Å². The van der Waals surface area contributed by atoms with Crippen molar-refractivity contribution in [2.24, 2.45) is 0 Å². The monoisotopic (exact) mass is 144 g/mol. The molecule has 0 saturated heterocycles. The number of carboxylic acid groups (broad SMARTS) is 1. The maximum atomic E-state index is 9.94. The van der Waals surface area contributed by atoms with Crippen LogP contribution in [-0.4, -0.2) is 17.4 Å². The van der Waals surface area contributed by atoms with Gasteiger partial charge in [0.2, 0.25) is 0 Å². The third-order valence-electron chi connectivity index (χ3n) is 0.938. The standard InChI is InChI=1S/C7H12O3/c1-5(2)4-6(3)10-7(8)9/h6H,1,4H2,2-3H3,(H,8,9). The highest BCUT2D eigenvalue weighted by molar-refractivity contribution is 5.57. The van der Waals surface area contributed by atoms with Gasteiger partial charge in [0.1, 0.15) is 6.10 Å². The van der Waals surface area contributed by atoms with Crippen molar-refractivity contribution in [2.45, 2.75) is 26.4 Å². The summed E-state index contributed by atoms with van der Waals surface area (Å²) in [5.74, 6) is 0. The fourth-order valence-electron chi connectivity index (χ4n) is 0.704. The number of ether oxygens (including phenoxy) is 1. The largest absolute Gasteiger partial charge is 0.506 e. The fourth-order valence-corrected chi connectivity index (χ4v) is 0.704. The molecule has 0 aliphatic heterocycles. The third kappa shape index (κ3) is 5.15. The van der Waals surface area contributed by atoms with Crippen LogP contribution in [0, 0.1) is 0 Å². The molecule has 0 rings (SSSR count). The first-order chi connectivity index (χ1) is 4.52. The van der Waals surface area contributed by atoms with Crippen molar-refractivity contribution in [3.63, 3.8) is 0 Å². The molecule has 1 unspecified atom stereocenters. The molecule has 3 nitrogen and oxygen atoms in total. The summed E-state index contributed by atoms with van der Waals surface area (Å²) in [7, 11) is 0. The average Bonchev–Trinajstić information content (AvgIpc) is 1.58. The Balaban J connectivity index is 3.53. The summed E-state index contributed by atoms with van der Waals surface area (Å²) in [5.41, 5.74) is 0.925. The number of hydrogen-bond donors (Lipinski definition) is 1. The average molecular weight is 144 g/mol. The van der Waals surface area contributed by atoms with Crippen LogP contribution in [0.2, 0.25) is 0 Å². The summed E-state index contributed by atoms with van der Waals surface area (Å²) in [6, 6.07) is 0. The molecule has 58 valence electrons. The van der Waals surface area contributed by atoms with Gasteiger partial charge < -0.3 is 9.84 Å². The van der Waals surface area contributed by atoms with E-state index in [1.165, 1.54) is 0 Å². The minimum atomic E-state index is -1.23. The lowest BCUT2D eigenvalue weighted by Gasteiger charge is -2.08. The molecule has 0 aromatic carbocycles. The van der Waals surface area contributed by atoms with Gasteiger partial charge in [-0.2, -0.15) is 0 Å². The van der Waals surface area contributed by atoms with Crippen LogP contribution < -0.4 is 0 Å². The Morgan fingerprint density at radius 3 is 2.60 bits per heavy atom. The van der Waals surface area contributed by atoms with Crippen LogP contribution in [0.4, 0.5) is 4.79 Å². The Bertz CT molecular complexity index is 124. The predicted octanol–water partition coefficient (Wildman–Crippen LogP) is 2.04. The molecule has 10 heavy (non-hydrogen) atoms. The van der Waals surface area contributed by atoms with Crippen LogP contribution in [0.25, 0.3) is 0 Å². The van der Waals surface area contributed by atoms with Crippen molar-refractivity contribution in [3.05, 3.63) is 12.2 Å². The zero-order valence-corrected chi connectivity index (χ0v) is 6.26. The Morgan fingerprint density at radius 2 is 2.30 bits per heavy atom. The quantitative estimate of drug-likeness (QED) is 0.487. The molecular formula is C7H12O3. The molecule has 0 aliphatic carbocycles. The SMILES string of the molecule is C=C(C)CC(C)OC(=O)O. The highest BCUT2D eigenvalue weighted by Gasteiger charge is 2.05. The molecule has 0 spiro atoms. The van der Waals surface area contributed by atoms with Crippen molar-refractivity contribution in [2.75, 3.05) is 0 Å². The van der Waals surface area contributed by atoms with Gasteiger partial charge in [0, 0.05) is 6.42 Å². The zero-order chi connectivity index (χ0) is 8.15. The highest BCUT2D eigenvalue weighted by Crippen LogP contribution is 2.04. The topological polar surface area (TPSA) is 46.5 Å². The predicted molar refractivity (Wildman–Crippen MR) is 38.0 cm³/mol. The molecule has 0 aromatic rings. The van der Waals surface area contributed by atoms with E-state index in [1.807, 2.05) is 6.92 Å². The summed E-state index contributed by atoms with van der Waals surface area (Å²) in [6.07, 6.45) is -0.921. The summed E-state index contributed by atoms with van der Waals surface area (Å²) < 4.78 is 4.42. The van der Waals surface area contributed by atoms with E-state index in [4.69, 9.17) is 5.11 Å².